The summed E-state index contributed by atoms with van der Waals surface area (Å²) in [5.41, 5.74) is 2.40. The molecular weight excluding hydrogens is 256 g/mol. The van der Waals surface area contributed by atoms with Crippen molar-refractivity contribution in [3.8, 4) is 11.5 Å². The smallest absolute Gasteiger partial charge is 0.251 e. The average molecular weight is 272 g/mol. The topological polar surface area (TPSA) is 71.5 Å². The summed E-state index contributed by atoms with van der Waals surface area (Å²) in [6, 6.07) is 6.43. The van der Waals surface area contributed by atoms with Crippen LogP contribution in [0.3, 0.4) is 0 Å². The minimum atomic E-state index is -0.258. The summed E-state index contributed by atoms with van der Waals surface area (Å²) >= 11 is 0. The van der Waals surface area contributed by atoms with Gasteiger partial charge in [0.15, 0.2) is 11.5 Å². The number of carbonyl (C=O) groups is 1. The first-order valence-corrected chi connectivity index (χ1v) is 6.16. The van der Waals surface area contributed by atoms with Gasteiger partial charge in [-0.05, 0) is 42.3 Å². The number of nitrogens with one attached hydrogen (secondary N) is 1. The molecule has 2 rings (SSSR count). The molecule has 0 saturated heterocycles. The number of carbonyl (C=O) groups excluding carboxylic acids is 1. The Morgan fingerprint density at radius 3 is 2.85 bits per heavy atom. The number of aromatic hydroxyl groups is 1. The van der Waals surface area contributed by atoms with E-state index in [9.17, 15) is 9.90 Å². The van der Waals surface area contributed by atoms with Crippen molar-refractivity contribution in [1.82, 2.24) is 10.3 Å². The molecule has 0 aliphatic heterocycles. The third kappa shape index (κ3) is 3.06. The van der Waals surface area contributed by atoms with E-state index >= 15 is 0 Å². The SMILES string of the molecule is COc1ccc(C(=O)NCc2cnccc2C)cc1O. The van der Waals surface area contributed by atoms with Crippen LogP contribution in [0.5, 0.6) is 11.5 Å². The molecule has 5 nitrogen and oxygen atoms in total. The van der Waals surface area contributed by atoms with Crippen LogP contribution in [0.1, 0.15) is 21.5 Å². The summed E-state index contributed by atoms with van der Waals surface area (Å²) in [6.07, 6.45) is 3.43. The lowest BCUT2D eigenvalue weighted by Gasteiger charge is -2.09. The molecule has 1 aromatic heterocycles. The number of nitrogens with zero attached hydrogens (tertiary/aromatic N) is 1. The second-order valence-corrected chi connectivity index (χ2v) is 4.37. The summed E-state index contributed by atoms with van der Waals surface area (Å²) < 4.78 is 4.93. The first-order valence-electron chi connectivity index (χ1n) is 6.16. The van der Waals surface area contributed by atoms with Gasteiger partial charge >= 0.3 is 0 Å². The van der Waals surface area contributed by atoms with Gasteiger partial charge in [-0.15, -0.1) is 0 Å². The molecule has 0 aliphatic carbocycles. The van der Waals surface area contributed by atoms with Crippen molar-refractivity contribution in [3.05, 3.63) is 53.3 Å². The van der Waals surface area contributed by atoms with Crippen molar-refractivity contribution in [2.45, 2.75) is 13.5 Å². The molecule has 5 heteroatoms. The molecule has 0 unspecified atom stereocenters. The molecule has 104 valence electrons. The number of hydrogen-bond acceptors (Lipinski definition) is 4. The number of aromatic nitrogens is 1. The lowest BCUT2D eigenvalue weighted by atomic mass is 10.1. The predicted molar refractivity (Wildman–Crippen MR) is 74.8 cm³/mol. The number of ether oxygens (including phenoxy) is 1. The molecular formula is C15H16N2O3. The number of methoxy groups -OCH3 is 1. The standard InChI is InChI=1S/C15H16N2O3/c1-10-5-6-16-8-12(10)9-17-15(19)11-3-4-14(20-2)13(18)7-11/h3-8,18H,9H2,1-2H3,(H,17,19). The molecule has 20 heavy (non-hydrogen) atoms. The van der Waals surface area contributed by atoms with Gasteiger partial charge in [0, 0.05) is 24.5 Å². The van der Waals surface area contributed by atoms with Gasteiger partial charge in [-0.3, -0.25) is 9.78 Å². The highest BCUT2D eigenvalue weighted by atomic mass is 16.5. The molecule has 1 amide bonds. The zero-order chi connectivity index (χ0) is 14.5. The van der Waals surface area contributed by atoms with Crippen LogP contribution in [-0.4, -0.2) is 23.1 Å². The minimum Gasteiger partial charge on any atom is -0.504 e. The fourth-order valence-electron chi connectivity index (χ4n) is 1.79. The molecule has 1 aromatic carbocycles. The number of phenols is 1. The van der Waals surface area contributed by atoms with E-state index in [1.165, 1.54) is 13.2 Å². The Morgan fingerprint density at radius 1 is 1.40 bits per heavy atom. The Morgan fingerprint density at radius 2 is 2.20 bits per heavy atom. The summed E-state index contributed by atoms with van der Waals surface area (Å²) in [5.74, 6) is 0.0218. The summed E-state index contributed by atoms with van der Waals surface area (Å²) in [4.78, 5) is 16.0. The van der Waals surface area contributed by atoms with Crippen LogP contribution in [0.15, 0.2) is 36.7 Å². The predicted octanol–water partition coefficient (Wildman–Crippen LogP) is 2.03. The molecule has 2 aromatic rings. The fourth-order valence-corrected chi connectivity index (χ4v) is 1.79. The zero-order valence-corrected chi connectivity index (χ0v) is 11.4. The monoisotopic (exact) mass is 272 g/mol. The van der Waals surface area contributed by atoms with Crippen molar-refractivity contribution in [1.29, 1.82) is 0 Å². The van der Waals surface area contributed by atoms with E-state index < -0.39 is 0 Å². The van der Waals surface area contributed by atoms with E-state index in [1.807, 2.05) is 13.0 Å². The molecule has 0 aliphatic rings. The molecule has 0 radical (unpaired) electrons. The highest BCUT2D eigenvalue weighted by molar-refractivity contribution is 5.94. The third-order valence-electron chi connectivity index (χ3n) is 3.03. The second-order valence-electron chi connectivity index (χ2n) is 4.37. The Labute approximate surface area is 117 Å². The molecule has 0 atom stereocenters. The number of rotatable bonds is 4. The fraction of sp³-hybridized carbons (Fsp3) is 0.200. The quantitative estimate of drug-likeness (QED) is 0.893. The summed E-state index contributed by atoms with van der Waals surface area (Å²) in [7, 11) is 1.46. The van der Waals surface area contributed by atoms with Crippen molar-refractivity contribution < 1.29 is 14.6 Å². The van der Waals surface area contributed by atoms with Crippen LogP contribution in [0.4, 0.5) is 0 Å². The van der Waals surface area contributed by atoms with E-state index in [-0.39, 0.29) is 11.7 Å². The highest BCUT2D eigenvalue weighted by Gasteiger charge is 2.09. The van der Waals surface area contributed by atoms with Gasteiger partial charge in [0.05, 0.1) is 7.11 Å². The summed E-state index contributed by atoms with van der Waals surface area (Å²) in [6.45, 7) is 2.35. The van der Waals surface area contributed by atoms with Gasteiger partial charge in [0.25, 0.3) is 5.91 Å². The van der Waals surface area contributed by atoms with Gasteiger partial charge in [-0.1, -0.05) is 0 Å². The van der Waals surface area contributed by atoms with Crippen LogP contribution in [0, 0.1) is 6.92 Å². The maximum Gasteiger partial charge on any atom is 0.251 e. The molecule has 0 fully saturated rings. The van der Waals surface area contributed by atoms with Crippen LogP contribution >= 0.6 is 0 Å². The van der Waals surface area contributed by atoms with Crippen molar-refractivity contribution >= 4 is 5.91 Å². The number of aryl methyl sites for hydroxylation is 1. The van der Waals surface area contributed by atoms with Crippen LogP contribution in [0.25, 0.3) is 0 Å². The number of amides is 1. The lowest BCUT2D eigenvalue weighted by Crippen LogP contribution is -2.23. The Bertz CT molecular complexity index is 626. The van der Waals surface area contributed by atoms with Gasteiger partial charge in [-0.25, -0.2) is 0 Å². The third-order valence-corrected chi connectivity index (χ3v) is 3.03. The van der Waals surface area contributed by atoms with Gasteiger partial charge in [-0.2, -0.15) is 0 Å². The molecule has 1 heterocycles. The largest absolute Gasteiger partial charge is 0.504 e. The van der Waals surface area contributed by atoms with E-state index in [1.54, 1.807) is 24.5 Å². The Kier molecular flexibility index (Phi) is 4.20. The number of hydrogen-bond donors (Lipinski definition) is 2. The first-order chi connectivity index (χ1) is 9.61. The van der Waals surface area contributed by atoms with Gasteiger partial charge in [0.1, 0.15) is 0 Å². The van der Waals surface area contributed by atoms with E-state index in [2.05, 4.69) is 10.3 Å². The Balaban J connectivity index is 2.05. The maximum atomic E-state index is 12.0. The second kappa shape index (κ2) is 6.06. The van der Waals surface area contributed by atoms with Gasteiger partial charge < -0.3 is 15.2 Å². The van der Waals surface area contributed by atoms with Gasteiger partial charge in [0.2, 0.25) is 0 Å². The minimum absolute atomic E-state index is 0.0577. The molecule has 0 bridgehead atoms. The zero-order valence-electron chi connectivity index (χ0n) is 11.4. The van der Waals surface area contributed by atoms with Crippen LogP contribution in [0.2, 0.25) is 0 Å². The molecule has 2 N–H and O–H groups in total. The van der Waals surface area contributed by atoms with E-state index in [0.29, 0.717) is 17.9 Å². The Hall–Kier alpha value is -2.56. The summed E-state index contributed by atoms with van der Waals surface area (Å²) in [5, 5.41) is 12.4. The number of phenolic OH excluding ortho intramolecular Hbond substituents is 1. The molecule has 0 spiro atoms. The average Bonchev–Trinajstić information content (AvgIpc) is 2.46. The van der Waals surface area contributed by atoms with E-state index in [0.717, 1.165) is 11.1 Å². The lowest BCUT2D eigenvalue weighted by molar-refractivity contribution is 0.0950. The molecule has 0 saturated carbocycles. The van der Waals surface area contributed by atoms with Crippen molar-refractivity contribution in [2.75, 3.05) is 7.11 Å². The maximum absolute atomic E-state index is 12.0. The highest BCUT2D eigenvalue weighted by Crippen LogP contribution is 2.26. The van der Waals surface area contributed by atoms with Crippen molar-refractivity contribution in [3.63, 3.8) is 0 Å². The number of pyridine rings is 1. The van der Waals surface area contributed by atoms with Crippen molar-refractivity contribution in [2.24, 2.45) is 0 Å². The first kappa shape index (κ1) is 13.9. The van der Waals surface area contributed by atoms with E-state index in [4.69, 9.17) is 4.74 Å². The van der Waals surface area contributed by atoms with Crippen LogP contribution in [-0.2, 0) is 6.54 Å². The number of benzene rings is 1. The van der Waals surface area contributed by atoms with Crippen LogP contribution < -0.4 is 10.1 Å². The normalized spacial score (nSPS) is 10.1.